The van der Waals surface area contributed by atoms with Gasteiger partial charge in [0.25, 0.3) is 0 Å². The molecule has 2 amide bonds. The second-order valence-electron chi connectivity index (χ2n) is 8.31. The molecular weight excluding hydrogens is 361 g/mol. The fraction of sp³-hybridized carbons (Fsp3) is 0.619. The number of piperazine rings is 1. The van der Waals surface area contributed by atoms with Crippen LogP contribution in [0.5, 0.6) is 0 Å². The molecule has 2 atom stereocenters. The quantitative estimate of drug-likeness (QED) is 0.863. The Balaban J connectivity index is 1.45. The van der Waals surface area contributed by atoms with E-state index in [9.17, 15) is 19.1 Å². The highest BCUT2D eigenvalue weighted by molar-refractivity contribution is 5.81. The van der Waals surface area contributed by atoms with Gasteiger partial charge in [0.05, 0.1) is 6.04 Å². The number of amides is 2. The Kier molecular flexibility index (Phi) is 5.27. The van der Waals surface area contributed by atoms with E-state index < -0.39 is 6.09 Å². The van der Waals surface area contributed by atoms with Gasteiger partial charge in [-0.05, 0) is 55.9 Å². The highest BCUT2D eigenvalue weighted by Gasteiger charge is 2.38. The first-order valence-corrected chi connectivity index (χ1v) is 10.2. The van der Waals surface area contributed by atoms with Gasteiger partial charge in [-0.3, -0.25) is 9.69 Å². The number of nitrogens with zero attached hydrogens (tertiary/aromatic N) is 3. The van der Waals surface area contributed by atoms with Crippen LogP contribution in [0.4, 0.5) is 9.18 Å². The molecule has 3 aliphatic rings. The van der Waals surface area contributed by atoms with Crippen molar-refractivity contribution >= 4 is 12.0 Å². The van der Waals surface area contributed by atoms with Gasteiger partial charge in [-0.2, -0.15) is 0 Å². The average Bonchev–Trinajstić information content (AvgIpc) is 3.52. The molecule has 2 heterocycles. The minimum atomic E-state index is -0.924. The van der Waals surface area contributed by atoms with Crippen molar-refractivity contribution in [2.45, 2.75) is 44.7 Å². The van der Waals surface area contributed by atoms with Crippen LogP contribution in [0.15, 0.2) is 18.2 Å². The number of carbonyl (C=O) groups excluding carboxylic acids is 1. The molecule has 152 valence electrons. The van der Waals surface area contributed by atoms with Crippen molar-refractivity contribution in [3.63, 3.8) is 0 Å². The van der Waals surface area contributed by atoms with Crippen LogP contribution in [-0.2, 0) is 4.79 Å². The second-order valence-corrected chi connectivity index (χ2v) is 8.31. The summed E-state index contributed by atoms with van der Waals surface area (Å²) in [6, 6.07) is 4.63. The molecule has 0 bridgehead atoms. The van der Waals surface area contributed by atoms with E-state index in [1.807, 2.05) is 11.8 Å². The Morgan fingerprint density at radius 2 is 1.79 bits per heavy atom. The lowest BCUT2D eigenvalue weighted by atomic mass is 9.88. The third kappa shape index (κ3) is 3.85. The number of piperidine rings is 1. The Morgan fingerprint density at radius 1 is 1.07 bits per heavy atom. The maximum Gasteiger partial charge on any atom is 0.407 e. The summed E-state index contributed by atoms with van der Waals surface area (Å²) in [5.41, 5.74) is 1.67. The van der Waals surface area contributed by atoms with Crippen LogP contribution in [0.3, 0.4) is 0 Å². The van der Waals surface area contributed by atoms with Gasteiger partial charge in [0, 0.05) is 44.7 Å². The molecular formula is C21H28FN3O3. The predicted molar refractivity (Wildman–Crippen MR) is 103 cm³/mol. The molecule has 7 heteroatoms. The van der Waals surface area contributed by atoms with Gasteiger partial charge in [-0.1, -0.05) is 6.07 Å². The molecule has 2 saturated heterocycles. The lowest BCUT2D eigenvalue weighted by molar-refractivity contribution is -0.134. The normalized spacial score (nSPS) is 26.4. The Bertz CT molecular complexity index is 759. The number of hydrogen-bond acceptors (Lipinski definition) is 3. The van der Waals surface area contributed by atoms with Gasteiger partial charge in [-0.25, -0.2) is 9.18 Å². The van der Waals surface area contributed by atoms with Gasteiger partial charge in [0.1, 0.15) is 5.82 Å². The molecule has 0 spiro atoms. The number of carbonyl (C=O) groups is 2. The molecule has 1 N–H and O–H groups in total. The molecule has 1 aliphatic carbocycles. The number of rotatable bonds is 3. The smallest absolute Gasteiger partial charge is 0.407 e. The van der Waals surface area contributed by atoms with Crippen molar-refractivity contribution in [3.05, 3.63) is 35.1 Å². The summed E-state index contributed by atoms with van der Waals surface area (Å²) in [6.45, 7) is 5.51. The molecule has 4 rings (SSSR count). The summed E-state index contributed by atoms with van der Waals surface area (Å²) in [6.07, 6.45) is 2.64. The number of benzene rings is 1. The van der Waals surface area contributed by atoms with Crippen LogP contribution in [0.2, 0.25) is 0 Å². The Hall–Kier alpha value is -2.15. The highest BCUT2D eigenvalue weighted by atomic mass is 19.1. The van der Waals surface area contributed by atoms with Crippen LogP contribution >= 0.6 is 0 Å². The van der Waals surface area contributed by atoms with Crippen molar-refractivity contribution < 1.29 is 19.1 Å². The van der Waals surface area contributed by atoms with E-state index in [1.54, 1.807) is 6.07 Å². The largest absolute Gasteiger partial charge is 0.465 e. The molecule has 3 fully saturated rings. The molecule has 0 radical (unpaired) electrons. The van der Waals surface area contributed by atoms with Crippen LogP contribution < -0.4 is 0 Å². The van der Waals surface area contributed by atoms with Crippen molar-refractivity contribution in [2.75, 3.05) is 32.7 Å². The van der Waals surface area contributed by atoms with Crippen LogP contribution in [0.25, 0.3) is 0 Å². The van der Waals surface area contributed by atoms with Gasteiger partial charge in [0.15, 0.2) is 0 Å². The Labute approximate surface area is 164 Å². The number of carboxylic acid groups (broad SMARTS) is 1. The molecule has 1 aromatic carbocycles. The number of likely N-dealkylation sites (tertiary alicyclic amines) is 1. The molecule has 1 saturated carbocycles. The minimum Gasteiger partial charge on any atom is -0.465 e. The highest BCUT2D eigenvalue weighted by Crippen LogP contribution is 2.36. The zero-order valence-electron chi connectivity index (χ0n) is 16.3. The zero-order chi connectivity index (χ0) is 19.8. The number of halogens is 1. The maximum atomic E-state index is 13.5. The summed E-state index contributed by atoms with van der Waals surface area (Å²) in [4.78, 5) is 29.9. The fourth-order valence-electron chi connectivity index (χ4n) is 4.71. The topological polar surface area (TPSA) is 64.1 Å². The first-order valence-electron chi connectivity index (χ1n) is 10.2. The first kappa shape index (κ1) is 19.2. The van der Waals surface area contributed by atoms with E-state index in [0.29, 0.717) is 18.9 Å². The van der Waals surface area contributed by atoms with Crippen LogP contribution in [0.1, 0.15) is 42.9 Å². The second kappa shape index (κ2) is 7.70. The lowest BCUT2D eigenvalue weighted by Crippen LogP contribution is -2.55. The van der Waals surface area contributed by atoms with Crippen molar-refractivity contribution in [2.24, 2.45) is 5.92 Å². The third-order valence-electron chi connectivity index (χ3n) is 6.48. The monoisotopic (exact) mass is 389 g/mol. The summed E-state index contributed by atoms with van der Waals surface area (Å²) < 4.78 is 13.5. The summed E-state index contributed by atoms with van der Waals surface area (Å²) in [5, 5.41) is 9.66. The zero-order valence-corrected chi connectivity index (χ0v) is 16.3. The predicted octanol–water partition coefficient (Wildman–Crippen LogP) is 2.87. The molecule has 0 unspecified atom stereocenters. The van der Waals surface area contributed by atoms with Crippen molar-refractivity contribution in [3.8, 4) is 0 Å². The van der Waals surface area contributed by atoms with E-state index in [-0.39, 0.29) is 23.8 Å². The summed E-state index contributed by atoms with van der Waals surface area (Å²) in [5.74, 6) is 0.267. The summed E-state index contributed by atoms with van der Waals surface area (Å²) >= 11 is 0. The molecule has 6 nitrogen and oxygen atoms in total. The number of hydrogen-bond donors (Lipinski definition) is 1. The van der Waals surface area contributed by atoms with Gasteiger partial charge in [0.2, 0.25) is 5.91 Å². The van der Waals surface area contributed by atoms with Gasteiger partial charge >= 0.3 is 6.09 Å². The fourth-order valence-corrected chi connectivity index (χ4v) is 4.71. The van der Waals surface area contributed by atoms with Gasteiger partial charge in [-0.15, -0.1) is 0 Å². The van der Waals surface area contributed by atoms with Gasteiger partial charge < -0.3 is 14.9 Å². The maximum absolute atomic E-state index is 13.5. The standard InChI is InChI=1S/C21H28FN3O3/c1-14-12-16(22)4-5-18(14)19-13-17(6-7-25(19)21(27)28)23-8-10-24(11-9-23)20(26)15-2-3-15/h4-5,12,15,17,19H,2-3,6-11,13H2,1H3,(H,27,28)/t17-,19+/m0/s1. The number of aryl methyl sites for hydroxylation is 1. The minimum absolute atomic E-state index is 0.260. The van der Waals surface area contributed by atoms with E-state index in [4.69, 9.17) is 0 Å². The van der Waals surface area contributed by atoms with Crippen molar-refractivity contribution in [1.29, 1.82) is 0 Å². The SMILES string of the molecule is Cc1cc(F)ccc1[C@H]1C[C@@H](N2CCN(C(=O)C3CC3)CC2)CCN1C(=O)O. The third-order valence-corrected chi connectivity index (χ3v) is 6.48. The summed E-state index contributed by atoms with van der Waals surface area (Å²) in [7, 11) is 0. The lowest BCUT2D eigenvalue weighted by Gasteiger charge is -2.45. The average molecular weight is 389 g/mol. The Morgan fingerprint density at radius 3 is 2.39 bits per heavy atom. The van der Waals surface area contributed by atoms with Crippen molar-refractivity contribution in [1.82, 2.24) is 14.7 Å². The van der Waals surface area contributed by atoms with E-state index in [0.717, 1.165) is 56.6 Å². The first-order chi connectivity index (χ1) is 13.4. The van der Waals surface area contributed by atoms with E-state index in [1.165, 1.54) is 17.0 Å². The van der Waals surface area contributed by atoms with E-state index >= 15 is 0 Å². The molecule has 2 aliphatic heterocycles. The van der Waals surface area contributed by atoms with E-state index in [2.05, 4.69) is 4.90 Å². The molecule has 1 aromatic rings. The molecule has 0 aromatic heterocycles. The van der Waals surface area contributed by atoms with Crippen LogP contribution in [-0.4, -0.2) is 70.6 Å². The molecule has 28 heavy (non-hydrogen) atoms. The van der Waals surface area contributed by atoms with Crippen LogP contribution in [0, 0.1) is 18.7 Å².